The lowest BCUT2D eigenvalue weighted by molar-refractivity contribution is -0.123. The number of amides is 1. The first-order chi connectivity index (χ1) is 8.16. The first-order valence-corrected chi connectivity index (χ1v) is 6.75. The molecule has 2 atom stereocenters. The van der Waals surface area contributed by atoms with E-state index in [0.717, 1.165) is 29.4 Å². The maximum atomic E-state index is 11.9. The van der Waals surface area contributed by atoms with E-state index in [9.17, 15) is 4.79 Å². The number of hydrogen-bond donors (Lipinski definition) is 2. The Labute approximate surface area is 110 Å². The minimum Gasteiger partial charge on any atom is -0.348 e. The summed E-state index contributed by atoms with van der Waals surface area (Å²) in [5.41, 5.74) is 1.12. The Bertz CT molecular complexity index is 402. The molecule has 1 aromatic carbocycles. The molecule has 1 unspecified atom stereocenters. The molecule has 1 aliphatic heterocycles. The summed E-state index contributed by atoms with van der Waals surface area (Å²) in [6.07, 6.45) is 2.03. The Hall–Kier alpha value is -0.870. The molecular weight excluding hydrogens is 280 g/mol. The van der Waals surface area contributed by atoms with E-state index in [1.165, 1.54) is 0 Å². The van der Waals surface area contributed by atoms with E-state index in [1.54, 1.807) is 0 Å². The minimum atomic E-state index is -0.00963. The number of halogens is 1. The highest BCUT2D eigenvalue weighted by Gasteiger charge is 2.23. The highest BCUT2D eigenvalue weighted by atomic mass is 79.9. The van der Waals surface area contributed by atoms with Gasteiger partial charge in [-0.1, -0.05) is 28.1 Å². The number of benzene rings is 1. The molecule has 0 bridgehead atoms. The van der Waals surface area contributed by atoms with E-state index in [1.807, 2.05) is 31.2 Å². The number of carbonyl (C=O) groups excluding carboxylic acids is 1. The van der Waals surface area contributed by atoms with Crippen LogP contribution in [0.15, 0.2) is 28.7 Å². The van der Waals surface area contributed by atoms with Crippen LogP contribution in [0.4, 0.5) is 0 Å². The Morgan fingerprint density at radius 3 is 3.06 bits per heavy atom. The van der Waals surface area contributed by atoms with Crippen LogP contribution >= 0.6 is 15.9 Å². The van der Waals surface area contributed by atoms with Crippen LogP contribution in [0.1, 0.15) is 31.4 Å². The molecule has 0 aromatic heterocycles. The molecule has 1 aliphatic rings. The average Bonchev–Trinajstić information content (AvgIpc) is 2.82. The van der Waals surface area contributed by atoms with Crippen molar-refractivity contribution in [1.29, 1.82) is 0 Å². The van der Waals surface area contributed by atoms with Crippen molar-refractivity contribution in [1.82, 2.24) is 10.6 Å². The highest BCUT2D eigenvalue weighted by molar-refractivity contribution is 9.10. The topological polar surface area (TPSA) is 41.1 Å². The summed E-state index contributed by atoms with van der Waals surface area (Å²) in [6, 6.07) is 8.06. The van der Waals surface area contributed by atoms with Gasteiger partial charge in [-0.25, -0.2) is 0 Å². The molecular formula is C13H17BrN2O. The van der Waals surface area contributed by atoms with Crippen molar-refractivity contribution >= 4 is 21.8 Å². The molecule has 1 fully saturated rings. The highest BCUT2D eigenvalue weighted by Crippen LogP contribution is 2.18. The molecule has 0 saturated carbocycles. The van der Waals surface area contributed by atoms with Crippen LogP contribution in [0.5, 0.6) is 0 Å². The Kier molecular flexibility index (Phi) is 4.18. The van der Waals surface area contributed by atoms with Gasteiger partial charge in [0, 0.05) is 4.47 Å². The number of hydrogen-bond acceptors (Lipinski definition) is 2. The summed E-state index contributed by atoms with van der Waals surface area (Å²) in [5, 5.41) is 6.25. The van der Waals surface area contributed by atoms with Crippen LogP contribution in [0.2, 0.25) is 0 Å². The molecule has 0 radical (unpaired) electrons. The third-order valence-electron chi connectivity index (χ3n) is 3.08. The standard InChI is InChI=1S/C13H17BrN2O/c1-9(10-4-2-5-11(14)8-10)16-13(17)12-6-3-7-15-12/h2,4-5,8-9,12,15H,3,6-7H2,1H3,(H,16,17)/t9-,12?/m0/s1. The Balaban J connectivity index is 1.96. The van der Waals surface area contributed by atoms with Gasteiger partial charge in [0.1, 0.15) is 0 Å². The van der Waals surface area contributed by atoms with Crippen LogP contribution in [-0.2, 0) is 4.79 Å². The van der Waals surface area contributed by atoms with Crippen LogP contribution in [-0.4, -0.2) is 18.5 Å². The van der Waals surface area contributed by atoms with E-state index in [4.69, 9.17) is 0 Å². The maximum absolute atomic E-state index is 11.9. The SMILES string of the molecule is C[C@H](NC(=O)C1CCCN1)c1cccc(Br)c1. The number of nitrogens with one attached hydrogen (secondary N) is 2. The lowest BCUT2D eigenvalue weighted by atomic mass is 10.1. The van der Waals surface area contributed by atoms with Crippen LogP contribution in [0.25, 0.3) is 0 Å². The molecule has 17 heavy (non-hydrogen) atoms. The van der Waals surface area contributed by atoms with Crippen LogP contribution in [0, 0.1) is 0 Å². The predicted octanol–water partition coefficient (Wildman–Crippen LogP) is 2.38. The van der Waals surface area contributed by atoms with Crippen molar-refractivity contribution in [3.05, 3.63) is 34.3 Å². The quantitative estimate of drug-likeness (QED) is 0.899. The fourth-order valence-corrected chi connectivity index (χ4v) is 2.50. The third kappa shape index (κ3) is 3.30. The van der Waals surface area contributed by atoms with Gasteiger partial charge in [-0.15, -0.1) is 0 Å². The molecule has 0 aliphatic carbocycles. The van der Waals surface area contributed by atoms with Gasteiger partial charge in [-0.3, -0.25) is 4.79 Å². The molecule has 1 aromatic rings. The van der Waals surface area contributed by atoms with E-state index in [2.05, 4.69) is 26.6 Å². The van der Waals surface area contributed by atoms with Crippen molar-refractivity contribution in [2.45, 2.75) is 31.8 Å². The van der Waals surface area contributed by atoms with Crippen molar-refractivity contribution in [2.75, 3.05) is 6.54 Å². The molecule has 1 amide bonds. The molecule has 4 heteroatoms. The van der Waals surface area contributed by atoms with Gasteiger partial charge in [-0.05, 0) is 44.0 Å². The normalized spacial score (nSPS) is 21.2. The summed E-state index contributed by atoms with van der Waals surface area (Å²) in [7, 11) is 0. The Morgan fingerprint density at radius 2 is 2.41 bits per heavy atom. The van der Waals surface area contributed by atoms with Gasteiger partial charge in [0.2, 0.25) is 5.91 Å². The summed E-state index contributed by atoms with van der Waals surface area (Å²) >= 11 is 3.44. The fourth-order valence-electron chi connectivity index (χ4n) is 2.08. The third-order valence-corrected chi connectivity index (χ3v) is 3.58. The lowest BCUT2D eigenvalue weighted by Crippen LogP contribution is -2.41. The zero-order valence-electron chi connectivity index (χ0n) is 9.87. The van der Waals surface area contributed by atoms with Crippen LogP contribution in [0.3, 0.4) is 0 Å². The second kappa shape index (κ2) is 5.65. The monoisotopic (exact) mass is 296 g/mol. The zero-order valence-corrected chi connectivity index (χ0v) is 11.5. The molecule has 1 saturated heterocycles. The van der Waals surface area contributed by atoms with E-state index >= 15 is 0 Å². The number of carbonyl (C=O) groups is 1. The minimum absolute atomic E-state index is 0.00963. The zero-order chi connectivity index (χ0) is 12.3. The van der Waals surface area contributed by atoms with E-state index < -0.39 is 0 Å². The molecule has 2 rings (SSSR count). The molecule has 2 N–H and O–H groups in total. The summed E-state index contributed by atoms with van der Waals surface area (Å²) in [6.45, 7) is 2.96. The predicted molar refractivity (Wildman–Crippen MR) is 71.7 cm³/mol. The largest absolute Gasteiger partial charge is 0.348 e. The molecule has 92 valence electrons. The van der Waals surface area contributed by atoms with Gasteiger partial charge < -0.3 is 10.6 Å². The van der Waals surface area contributed by atoms with Gasteiger partial charge >= 0.3 is 0 Å². The van der Waals surface area contributed by atoms with Crippen molar-refractivity contribution < 1.29 is 4.79 Å². The van der Waals surface area contributed by atoms with E-state index in [0.29, 0.717) is 0 Å². The average molecular weight is 297 g/mol. The second-order valence-corrected chi connectivity index (χ2v) is 5.35. The van der Waals surface area contributed by atoms with Crippen molar-refractivity contribution in [3.8, 4) is 0 Å². The maximum Gasteiger partial charge on any atom is 0.237 e. The first-order valence-electron chi connectivity index (χ1n) is 5.96. The van der Waals surface area contributed by atoms with Gasteiger partial charge in [0.15, 0.2) is 0 Å². The van der Waals surface area contributed by atoms with Gasteiger partial charge in [-0.2, -0.15) is 0 Å². The fraction of sp³-hybridized carbons (Fsp3) is 0.462. The summed E-state index contributed by atoms with van der Waals surface area (Å²) in [4.78, 5) is 11.9. The smallest absolute Gasteiger partial charge is 0.237 e. The van der Waals surface area contributed by atoms with Crippen molar-refractivity contribution in [2.24, 2.45) is 0 Å². The van der Waals surface area contributed by atoms with Gasteiger partial charge in [0.25, 0.3) is 0 Å². The summed E-state index contributed by atoms with van der Waals surface area (Å²) < 4.78 is 1.04. The molecule has 1 heterocycles. The number of rotatable bonds is 3. The lowest BCUT2D eigenvalue weighted by Gasteiger charge is -2.17. The Morgan fingerprint density at radius 1 is 1.59 bits per heavy atom. The van der Waals surface area contributed by atoms with Crippen LogP contribution < -0.4 is 10.6 Å². The second-order valence-electron chi connectivity index (χ2n) is 4.43. The van der Waals surface area contributed by atoms with Gasteiger partial charge in [0.05, 0.1) is 12.1 Å². The molecule has 3 nitrogen and oxygen atoms in total. The van der Waals surface area contributed by atoms with Crippen molar-refractivity contribution in [3.63, 3.8) is 0 Å². The molecule has 0 spiro atoms. The van der Waals surface area contributed by atoms with E-state index in [-0.39, 0.29) is 18.0 Å². The first kappa shape index (κ1) is 12.6. The summed E-state index contributed by atoms with van der Waals surface area (Å²) in [5.74, 6) is 0.106.